The molecule has 0 radical (unpaired) electrons. The fourth-order valence-corrected chi connectivity index (χ4v) is 2.19. The summed E-state index contributed by atoms with van der Waals surface area (Å²) in [7, 11) is 0. The molecule has 1 atom stereocenters. The van der Waals surface area contributed by atoms with Crippen LogP contribution in [0.15, 0.2) is 0 Å². The van der Waals surface area contributed by atoms with E-state index in [2.05, 4.69) is 4.90 Å². The molecule has 6 heteroatoms. The van der Waals surface area contributed by atoms with Crippen molar-refractivity contribution in [3.05, 3.63) is 0 Å². The summed E-state index contributed by atoms with van der Waals surface area (Å²) < 4.78 is 0. The topological polar surface area (TPSA) is 76.7 Å². The van der Waals surface area contributed by atoms with Crippen molar-refractivity contribution >= 4 is 11.9 Å². The molecule has 1 fully saturated rings. The SMILES string of the molecule is CCN(CC)C(=O)N1CCN(C(C)C(=N)N)CC1. The van der Waals surface area contributed by atoms with Gasteiger partial charge in [-0.3, -0.25) is 10.3 Å². The van der Waals surface area contributed by atoms with Gasteiger partial charge in [0.25, 0.3) is 0 Å². The molecular weight excluding hydrogens is 230 g/mol. The molecule has 0 saturated carbocycles. The molecule has 1 aliphatic rings. The van der Waals surface area contributed by atoms with Gasteiger partial charge < -0.3 is 15.5 Å². The molecule has 3 N–H and O–H groups in total. The first-order valence-corrected chi connectivity index (χ1v) is 6.63. The monoisotopic (exact) mass is 255 g/mol. The van der Waals surface area contributed by atoms with Crippen molar-refractivity contribution in [2.75, 3.05) is 39.3 Å². The van der Waals surface area contributed by atoms with Crippen LogP contribution in [-0.2, 0) is 0 Å². The van der Waals surface area contributed by atoms with Gasteiger partial charge in [-0.1, -0.05) is 0 Å². The first-order chi connectivity index (χ1) is 8.51. The van der Waals surface area contributed by atoms with E-state index >= 15 is 0 Å². The van der Waals surface area contributed by atoms with E-state index in [1.807, 2.05) is 30.6 Å². The Kier molecular flexibility index (Phi) is 5.40. The molecule has 1 aliphatic heterocycles. The normalized spacial score (nSPS) is 18.5. The minimum atomic E-state index is -0.0318. The molecule has 1 rings (SSSR count). The van der Waals surface area contributed by atoms with E-state index < -0.39 is 0 Å². The Morgan fingerprint density at radius 3 is 2.17 bits per heavy atom. The second-order valence-electron chi connectivity index (χ2n) is 4.61. The van der Waals surface area contributed by atoms with E-state index in [9.17, 15) is 4.79 Å². The number of piperazine rings is 1. The molecule has 104 valence electrons. The first kappa shape index (κ1) is 14.8. The summed E-state index contributed by atoms with van der Waals surface area (Å²) in [4.78, 5) is 18.0. The number of urea groups is 1. The highest BCUT2D eigenvalue weighted by Gasteiger charge is 2.26. The number of rotatable bonds is 4. The van der Waals surface area contributed by atoms with Crippen LogP contribution in [0.4, 0.5) is 4.79 Å². The minimum Gasteiger partial charge on any atom is -0.386 e. The Hall–Kier alpha value is -1.30. The van der Waals surface area contributed by atoms with E-state index in [1.165, 1.54) is 0 Å². The molecule has 1 heterocycles. The quantitative estimate of drug-likeness (QED) is 0.563. The Labute approximate surface area is 109 Å². The molecule has 0 aromatic rings. The number of nitrogens with zero attached hydrogens (tertiary/aromatic N) is 3. The predicted octanol–water partition coefficient (Wildman–Crippen LogP) is 0.390. The van der Waals surface area contributed by atoms with Gasteiger partial charge in [-0.2, -0.15) is 0 Å². The van der Waals surface area contributed by atoms with Crippen LogP contribution in [0.5, 0.6) is 0 Å². The molecule has 1 unspecified atom stereocenters. The number of nitrogens with one attached hydrogen (secondary N) is 1. The average molecular weight is 255 g/mol. The molecule has 0 aromatic carbocycles. The summed E-state index contributed by atoms with van der Waals surface area (Å²) in [6.07, 6.45) is 0. The van der Waals surface area contributed by atoms with Crippen LogP contribution in [0.1, 0.15) is 20.8 Å². The lowest BCUT2D eigenvalue weighted by atomic mass is 10.2. The van der Waals surface area contributed by atoms with Gasteiger partial charge in [0.15, 0.2) is 0 Å². The lowest BCUT2D eigenvalue weighted by molar-refractivity contribution is 0.109. The summed E-state index contributed by atoms with van der Waals surface area (Å²) in [6, 6.07) is 0.0887. The van der Waals surface area contributed by atoms with Gasteiger partial charge in [0.1, 0.15) is 5.84 Å². The third-order valence-electron chi connectivity index (χ3n) is 3.62. The number of carbonyl (C=O) groups excluding carboxylic acids is 1. The summed E-state index contributed by atoms with van der Waals surface area (Å²) in [5, 5.41) is 7.45. The molecule has 0 aliphatic carbocycles. The number of hydrogen-bond acceptors (Lipinski definition) is 3. The van der Waals surface area contributed by atoms with Gasteiger partial charge in [-0.25, -0.2) is 4.79 Å². The third kappa shape index (κ3) is 3.35. The fraction of sp³-hybridized carbons (Fsp3) is 0.833. The van der Waals surface area contributed by atoms with E-state index in [0.717, 1.165) is 26.2 Å². The van der Waals surface area contributed by atoms with E-state index in [0.29, 0.717) is 13.1 Å². The van der Waals surface area contributed by atoms with Crippen LogP contribution in [-0.4, -0.2) is 71.9 Å². The number of amidine groups is 1. The molecule has 6 nitrogen and oxygen atoms in total. The van der Waals surface area contributed by atoms with Crippen LogP contribution in [0.25, 0.3) is 0 Å². The molecule has 18 heavy (non-hydrogen) atoms. The van der Waals surface area contributed by atoms with Crippen molar-refractivity contribution in [3.63, 3.8) is 0 Å². The van der Waals surface area contributed by atoms with Crippen molar-refractivity contribution in [3.8, 4) is 0 Å². The van der Waals surface area contributed by atoms with E-state index in [1.54, 1.807) is 0 Å². The fourth-order valence-electron chi connectivity index (χ4n) is 2.19. The van der Waals surface area contributed by atoms with Gasteiger partial charge in [0.2, 0.25) is 0 Å². The van der Waals surface area contributed by atoms with Gasteiger partial charge in [0.05, 0.1) is 6.04 Å². The maximum atomic E-state index is 12.1. The smallest absolute Gasteiger partial charge is 0.320 e. The van der Waals surface area contributed by atoms with Crippen molar-refractivity contribution in [2.24, 2.45) is 5.73 Å². The van der Waals surface area contributed by atoms with Gasteiger partial charge >= 0.3 is 6.03 Å². The van der Waals surface area contributed by atoms with E-state index in [-0.39, 0.29) is 17.9 Å². The highest BCUT2D eigenvalue weighted by atomic mass is 16.2. The maximum Gasteiger partial charge on any atom is 0.320 e. The maximum absolute atomic E-state index is 12.1. The third-order valence-corrected chi connectivity index (χ3v) is 3.62. The highest BCUT2D eigenvalue weighted by Crippen LogP contribution is 2.08. The average Bonchev–Trinajstić information content (AvgIpc) is 2.39. The zero-order valence-corrected chi connectivity index (χ0v) is 11.6. The van der Waals surface area contributed by atoms with Gasteiger partial charge in [-0.05, 0) is 20.8 Å². The van der Waals surface area contributed by atoms with Crippen molar-refractivity contribution in [1.82, 2.24) is 14.7 Å². The first-order valence-electron chi connectivity index (χ1n) is 6.63. The zero-order valence-electron chi connectivity index (χ0n) is 11.6. The van der Waals surface area contributed by atoms with Crippen molar-refractivity contribution < 1.29 is 4.79 Å². The van der Waals surface area contributed by atoms with E-state index in [4.69, 9.17) is 11.1 Å². The van der Waals surface area contributed by atoms with Crippen LogP contribution < -0.4 is 5.73 Å². The number of amides is 2. The van der Waals surface area contributed by atoms with Crippen LogP contribution in [0, 0.1) is 5.41 Å². The summed E-state index contributed by atoms with van der Waals surface area (Å²) >= 11 is 0. The lowest BCUT2D eigenvalue weighted by Gasteiger charge is -2.39. The highest BCUT2D eigenvalue weighted by molar-refractivity contribution is 5.82. The Morgan fingerprint density at radius 2 is 1.78 bits per heavy atom. The predicted molar refractivity (Wildman–Crippen MR) is 72.8 cm³/mol. The molecule has 2 amide bonds. The molecule has 0 spiro atoms. The molecule has 0 aromatic heterocycles. The number of carbonyl (C=O) groups is 1. The molecule has 1 saturated heterocycles. The minimum absolute atomic E-state index is 0.0318. The van der Waals surface area contributed by atoms with Crippen LogP contribution in [0.2, 0.25) is 0 Å². The van der Waals surface area contributed by atoms with Crippen LogP contribution >= 0.6 is 0 Å². The lowest BCUT2D eigenvalue weighted by Crippen LogP contribution is -2.56. The molecule has 0 bridgehead atoms. The largest absolute Gasteiger partial charge is 0.386 e. The van der Waals surface area contributed by atoms with Crippen molar-refractivity contribution in [2.45, 2.75) is 26.8 Å². The summed E-state index contributed by atoms with van der Waals surface area (Å²) in [5.74, 6) is 0.193. The number of nitrogens with two attached hydrogens (primary N) is 1. The standard InChI is InChI=1S/C12H25N5O/c1-4-15(5-2)12(18)17-8-6-16(7-9-17)10(3)11(13)14/h10H,4-9H2,1-3H3,(H3,13,14). The number of hydrogen-bond donors (Lipinski definition) is 2. The molecular formula is C12H25N5O. The Balaban J connectivity index is 2.48. The van der Waals surface area contributed by atoms with Crippen LogP contribution in [0.3, 0.4) is 0 Å². The van der Waals surface area contributed by atoms with Gasteiger partial charge in [-0.15, -0.1) is 0 Å². The second kappa shape index (κ2) is 6.58. The Bertz CT molecular complexity index is 295. The summed E-state index contributed by atoms with van der Waals surface area (Å²) in [6.45, 7) is 10.4. The second-order valence-corrected chi connectivity index (χ2v) is 4.61. The van der Waals surface area contributed by atoms with Gasteiger partial charge in [0, 0.05) is 39.3 Å². The summed E-state index contributed by atoms with van der Waals surface area (Å²) in [5.41, 5.74) is 5.51. The Morgan fingerprint density at radius 1 is 1.28 bits per heavy atom. The zero-order chi connectivity index (χ0) is 13.7. The van der Waals surface area contributed by atoms with Crippen molar-refractivity contribution in [1.29, 1.82) is 5.41 Å².